The maximum atomic E-state index is 12.4. The number of rotatable bonds is 4. The quantitative estimate of drug-likeness (QED) is 0.832. The fraction of sp³-hybridized carbons (Fsp3) is 0.857. The molecule has 3 unspecified atom stereocenters. The topological polar surface area (TPSA) is 60.9 Å². The van der Waals surface area contributed by atoms with Crippen molar-refractivity contribution in [1.29, 1.82) is 0 Å². The van der Waals surface area contributed by atoms with Crippen LogP contribution < -0.4 is 0 Å². The van der Waals surface area contributed by atoms with Crippen LogP contribution in [0.25, 0.3) is 0 Å². The van der Waals surface area contributed by atoms with Gasteiger partial charge in [0, 0.05) is 19.0 Å². The first-order valence-corrected chi connectivity index (χ1v) is 7.19. The number of carbonyl (C=O) groups excluding carboxylic acids is 1. The zero-order valence-electron chi connectivity index (χ0n) is 11.8. The highest BCUT2D eigenvalue weighted by atomic mass is 16.4. The average Bonchev–Trinajstić information content (AvgIpc) is 2.75. The molecule has 108 valence electrons. The fourth-order valence-corrected chi connectivity index (χ4v) is 3.49. The molecule has 3 atom stereocenters. The lowest BCUT2D eigenvalue weighted by Crippen LogP contribution is -2.46. The molecule has 2 aliphatic rings. The lowest BCUT2D eigenvalue weighted by atomic mass is 9.84. The Morgan fingerprint density at radius 2 is 1.95 bits per heavy atom. The second-order valence-corrected chi connectivity index (χ2v) is 6.06. The van der Waals surface area contributed by atoms with Crippen molar-refractivity contribution < 1.29 is 14.7 Å². The van der Waals surface area contributed by atoms with Gasteiger partial charge in [0.2, 0.25) is 5.91 Å². The largest absolute Gasteiger partial charge is 0.480 e. The Morgan fingerprint density at radius 1 is 1.26 bits per heavy atom. The van der Waals surface area contributed by atoms with Gasteiger partial charge in [0.25, 0.3) is 0 Å². The number of amides is 1. The predicted molar refractivity (Wildman–Crippen MR) is 71.8 cm³/mol. The molecule has 1 heterocycles. The van der Waals surface area contributed by atoms with Gasteiger partial charge in [-0.1, -0.05) is 12.8 Å². The van der Waals surface area contributed by atoms with Gasteiger partial charge < -0.3 is 14.9 Å². The number of carboxylic acid groups (broad SMARTS) is 1. The van der Waals surface area contributed by atoms with E-state index in [1.54, 1.807) is 4.90 Å². The van der Waals surface area contributed by atoms with Crippen LogP contribution in [0.5, 0.6) is 0 Å². The molecule has 5 heteroatoms. The van der Waals surface area contributed by atoms with Crippen LogP contribution in [-0.4, -0.2) is 59.5 Å². The second-order valence-electron chi connectivity index (χ2n) is 6.06. The van der Waals surface area contributed by atoms with Crippen molar-refractivity contribution in [3.05, 3.63) is 0 Å². The van der Waals surface area contributed by atoms with Crippen LogP contribution in [0, 0.1) is 5.92 Å². The van der Waals surface area contributed by atoms with Crippen LogP contribution in [-0.2, 0) is 9.59 Å². The van der Waals surface area contributed by atoms with Gasteiger partial charge in [-0.2, -0.15) is 0 Å². The highest BCUT2D eigenvalue weighted by molar-refractivity contribution is 5.84. The lowest BCUT2D eigenvalue weighted by molar-refractivity contribution is -0.150. The molecule has 1 saturated heterocycles. The van der Waals surface area contributed by atoms with Gasteiger partial charge in [-0.25, -0.2) is 4.79 Å². The average molecular weight is 268 g/mol. The van der Waals surface area contributed by atoms with E-state index < -0.39 is 12.0 Å². The van der Waals surface area contributed by atoms with Crippen LogP contribution >= 0.6 is 0 Å². The number of nitrogens with zero attached hydrogens (tertiary/aromatic N) is 2. The molecule has 1 aliphatic heterocycles. The Morgan fingerprint density at radius 3 is 2.58 bits per heavy atom. The van der Waals surface area contributed by atoms with Crippen molar-refractivity contribution in [2.75, 3.05) is 20.6 Å². The van der Waals surface area contributed by atoms with E-state index >= 15 is 0 Å². The fourth-order valence-electron chi connectivity index (χ4n) is 3.49. The highest BCUT2D eigenvalue weighted by Gasteiger charge is 2.47. The SMILES string of the molecule is CN(C)CCC(=O)N1C(C(=O)O)CC2CCCCC21. The Kier molecular flexibility index (Phi) is 4.45. The number of fused-ring (bicyclic) bond motifs is 1. The lowest BCUT2D eigenvalue weighted by Gasteiger charge is -2.33. The normalized spacial score (nSPS) is 30.5. The first-order chi connectivity index (χ1) is 9.00. The molecule has 0 aromatic rings. The number of carbonyl (C=O) groups is 2. The van der Waals surface area contributed by atoms with Crippen LogP contribution in [0.1, 0.15) is 38.5 Å². The van der Waals surface area contributed by atoms with Gasteiger partial charge in [0.1, 0.15) is 6.04 Å². The smallest absolute Gasteiger partial charge is 0.326 e. The molecule has 0 aromatic heterocycles. The number of likely N-dealkylation sites (tertiary alicyclic amines) is 1. The summed E-state index contributed by atoms with van der Waals surface area (Å²) in [6, 6.07) is -0.424. The summed E-state index contributed by atoms with van der Waals surface area (Å²) in [6.07, 6.45) is 5.40. The van der Waals surface area contributed by atoms with E-state index in [2.05, 4.69) is 0 Å². The van der Waals surface area contributed by atoms with Crippen LogP contribution in [0.3, 0.4) is 0 Å². The molecule has 19 heavy (non-hydrogen) atoms. The van der Waals surface area contributed by atoms with Crippen LogP contribution in [0.2, 0.25) is 0 Å². The van der Waals surface area contributed by atoms with E-state index in [1.807, 2.05) is 19.0 Å². The Balaban J connectivity index is 2.08. The minimum atomic E-state index is -0.840. The third-order valence-electron chi connectivity index (χ3n) is 4.43. The molecule has 2 rings (SSSR count). The van der Waals surface area contributed by atoms with Gasteiger partial charge in [0.05, 0.1) is 0 Å². The highest BCUT2D eigenvalue weighted by Crippen LogP contribution is 2.40. The summed E-state index contributed by atoms with van der Waals surface area (Å²) in [6.45, 7) is 0.680. The van der Waals surface area contributed by atoms with Crippen molar-refractivity contribution >= 4 is 11.9 Å². The van der Waals surface area contributed by atoms with Crippen molar-refractivity contribution in [2.45, 2.75) is 50.6 Å². The van der Waals surface area contributed by atoms with E-state index in [1.165, 1.54) is 6.42 Å². The van der Waals surface area contributed by atoms with Gasteiger partial charge in [-0.3, -0.25) is 4.79 Å². The number of hydrogen-bond donors (Lipinski definition) is 1. The van der Waals surface area contributed by atoms with Crippen molar-refractivity contribution in [1.82, 2.24) is 9.80 Å². The molecular formula is C14H24N2O3. The zero-order chi connectivity index (χ0) is 14.0. The Labute approximate surface area is 114 Å². The Bertz CT molecular complexity index is 357. The van der Waals surface area contributed by atoms with E-state index in [0.29, 0.717) is 25.3 Å². The molecule has 0 radical (unpaired) electrons. The molecule has 2 fully saturated rings. The molecule has 1 saturated carbocycles. The molecule has 1 N–H and O–H groups in total. The summed E-state index contributed by atoms with van der Waals surface area (Å²) in [5.74, 6) is -0.429. The monoisotopic (exact) mass is 268 g/mol. The minimum Gasteiger partial charge on any atom is -0.480 e. The van der Waals surface area contributed by atoms with E-state index in [0.717, 1.165) is 19.3 Å². The second kappa shape index (κ2) is 5.90. The Hall–Kier alpha value is -1.10. The molecule has 0 spiro atoms. The van der Waals surface area contributed by atoms with E-state index in [9.17, 15) is 14.7 Å². The van der Waals surface area contributed by atoms with Crippen molar-refractivity contribution in [3.63, 3.8) is 0 Å². The van der Waals surface area contributed by atoms with Crippen LogP contribution in [0.15, 0.2) is 0 Å². The minimum absolute atomic E-state index is 0.00972. The predicted octanol–water partition coefficient (Wildman–Crippen LogP) is 1.18. The zero-order valence-corrected chi connectivity index (χ0v) is 11.8. The van der Waals surface area contributed by atoms with Crippen molar-refractivity contribution in [3.8, 4) is 0 Å². The van der Waals surface area contributed by atoms with Crippen molar-refractivity contribution in [2.24, 2.45) is 5.92 Å². The first kappa shape index (κ1) is 14.3. The molecule has 1 aliphatic carbocycles. The summed E-state index contributed by atoms with van der Waals surface area (Å²) in [5.41, 5.74) is 0. The molecular weight excluding hydrogens is 244 g/mol. The summed E-state index contributed by atoms with van der Waals surface area (Å²) in [5, 5.41) is 9.35. The summed E-state index contributed by atoms with van der Waals surface area (Å²) in [4.78, 5) is 27.4. The summed E-state index contributed by atoms with van der Waals surface area (Å²) in [7, 11) is 3.85. The molecule has 5 nitrogen and oxygen atoms in total. The molecule has 0 bridgehead atoms. The maximum absolute atomic E-state index is 12.4. The first-order valence-electron chi connectivity index (χ1n) is 7.19. The third-order valence-corrected chi connectivity index (χ3v) is 4.43. The number of aliphatic carboxylic acids is 1. The summed E-state index contributed by atoms with van der Waals surface area (Å²) < 4.78 is 0. The third kappa shape index (κ3) is 3.08. The summed E-state index contributed by atoms with van der Waals surface area (Å²) >= 11 is 0. The van der Waals surface area contributed by atoms with E-state index in [-0.39, 0.29) is 11.9 Å². The molecule has 0 aromatic carbocycles. The van der Waals surface area contributed by atoms with Crippen LogP contribution in [0.4, 0.5) is 0 Å². The number of carboxylic acids is 1. The number of hydrogen-bond acceptors (Lipinski definition) is 3. The van der Waals surface area contributed by atoms with Gasteiger partial charge in [-0.05, 0) is 39.3 Å². The van der Waals surface area contributed by atoms with E-state index in [4.69, 9.17) is 0 Å². The van der Waals surface area contributed by atoms with Gasteiger partial charge in [0.15, 0.2) is 0 Å². The standard InChI is InChI=1S/C14H24N2O3/c1-15(2)8-7-13(17)16-11-6-4-3-5-10(11)9-12(16)14(18)19/h10-12H,3-9H2,1-2H3,(H,18,19). The maximum Gasteiger partial charge on any atom is 0.326 e. The van der Waals surface area contributed by atoms with Gasteiger partial charge >= 0.3 is 5.97 Å². The molecule has 1 amide bonds. The van der Waals surface area contributed by atoms with Gasteiger partial charge in [-0.15, -0.1) is 0 Å².